The SMILES string of the molecule is CCC(=O)Nc1ccc(N2C(=S)N[C@@H](c3ccccn3)[C@H]2c2cc(C)n(-c3ccccc3C(=O)OC)c2C)cc1OC. The molecule has 4 aromatic rings. The number of aromatic nitrogens is 2. The molecule has 0 aliphatic carbocycles. The van der Waals surface area contributed by atoms with Gasteiger partial charge in [-0.25, -0.2) is 4.79 Å². The minimum atomic E-state index is -0.404. The zero-order valence-corrected chi connectivity index (χ0v) is 25.0. The summed E-state index contributed by atoms with van der Waals surface area (Å²) in [4.78, 5) is 31.5. The average Bonchev–Trinajstić information content (AvgIpc) is 3.51. The molecule has 1 aliphatic rings. The highest BCUT2D eigenvalue weighted by molar-refractivity contribution is 7.80. The number of anilines is 2. The molecule has 1 saturated heterocycles. The highest BCUT2D eigenvalue weighted by Gasteiger charge is 2.42. The molecule has 0 saturated carbocycles. The number of nitrogens with zero attached hydrogens (tertiary/aromatic N) is 3. The van der Waals surface area contributed by atoms with Gasteiger partial charge in [-0.05, 0) is 74.1 Å². The molecule has 2 N–H and O–H groups in total. The Labute approximate surface area is 250 Å². The van der Waals surface area contributed by atoms with E-state index in [0.717, 1.165) is 34.0 Å². The predicted octanol–water partition coefficient (Wildman–Crippen LogP) is 5.81. The molecular weight excluding hydrogens is 550 g/mol. The first-order valence-corrected chi connectivity index (χ1v) is 14.0. The molecule has 1 fully saturated rings. The van der Waals surface area contributed by atoms with Gasteiger partial charge in [-0.1, -0.05) is 25.1 Å². The fourth-order valence-electron chi connectivity index (χ4n) is 5.53. The molecule has 0 spiro atoms. The molecule has 0 bridgehead atoms. The van der Waals surface area contributed by atoms with Crippen molar-refractivity contribution in [3.63, 3.8) is 0 Å². The zero-order chi connectivity index (χ0) is 30.0. The molecule has 5 rings (SSSR count). The van der Waals surface area contributed by atoms with E-state index in [0.29, 0.717) is 28.5 Å². The first-order chi connectivity index (χ1) is 20.3. The van der Waals surface area contributed by atoms with Crippen LogP contribution in [0.2, 0.25) is 0 Å². The van der Waals surface area contributed by atoms with E-state index in [1.165, 1.54) is 7.11 Å². The first kappa shape index (κ1) is 28.8. The quantitative estimate of drug-likeness (QED) is 0.198. The third-order valence-electron chi connectivity index (χ3n) is 7.50. The van der Waals surface area contributed by atoms with Gasteiger partial charge in [-0.15, -0.1) is 0 Å². The third kappa shape index (κ3) is 5.21. The number of esters is 1. The van der Waals surface area contributed by atoms with Gasteiger partial charge in [0.25, 0.3) is 0 Å². The van der Waals surface area contributed by atoms with E-state index in [-0.39, 0.29) is 18.0 Å². The zero-order valence-electron chi connectivity index (χ0n) is 24.2. The summed E-state index contributed by atoms with van der Waals surface area (Å²) in [5, 5.41) is 6.92. The van der Waals surface area contributed by atoms with Gasteiger partial charge in [-0.3, -0.25) is 9.78 Å². The standard InChI is InChI=1S/C32H33N5O4S/c1-6-28(38)34-24-15-14-21(18-27(24)40-4)37-30(29(35-32(37)42)25-12-9-10-16-33-25)23-17-19(2)36(20(23)3)26-13-8-7-11-22(26)31(39)41-5/h7-18,29-30H,6H2,1-5H3,(H,34,38)(H,35,42)/t29-,30+/m0/s1. The van der Waals surface area contributed by atoms with Crippen molar-refractivity contribution in [1.82, 2.24) is 14.9 Å². The fraction of sp³-hybridized carbons (Fsp3) is 0.250. The second-order valence-corrected chi connectivity index (χ2v) is 10.3. The Bertz CT molecular complexity index is 1650. The van der Waals surface area contributed by atoms with E-state index in [1.54, 1.807) is 26.3 Å². The molecule has 2 aromatic heterocycles. The van der Waals surface area contributed by atoms with Crippen LogP contribution in [-0.4, -0.2) is 40.8 Å². The van der Waals surface area contributed by atoms with Gasteiger partial charge in [0, 0.05) is 35.8 Å². The number of amides is 1. The molecule has 1 amide bonds. The van der Waals surface area contributed by atoms with Crippen LogP contribution in [-0.2, 0) is 9.53 Å². The van der Waals surface area contributed by atoms with Crippen molar-refractivity contribution in [2.45, 2.75) is 39.3 Å². The summed E-state index contributed by atoms with van der Waals surface area (Å²) in [6, 6.07) is 20.4. The molecule has 2 aromatic carbocycles. The highest BCUT2D eigenvalue weighted by Crippen LogP contribution is 2.45. The molecule has 0 radical (unpaired) electrons. The van der Waals surface area contributed by atoms with Crippen LogP contribution in [0.4, 0.5) is 11.4 Å². The van der Waals surface area contributed by atoms with Crippen LogP contribution in [0, 0.1) is 13.8 Å². The van der Waals surface area contributed by atoms with Gasteiger partial charge in [0.1, 0.15) is 5.75 Å². The number of aryl methyl sites for hydroxylation is 1. The van der Waals surface area contributed by atoms with E-state index in [9.17, 15) is 9.59 Å². The van der Waals surface area contributed by atoms with Crippen LogP contribution in [0.5, 0.6) is 5.75 Å². The van der Waals surface area contributed by atoms with Crippen molar-refractivity contribution in [2.75, 3.05) is 24.4 Å². The number of nitrogens with one attached hydrogen (secondary N) is 2. The summed E-state index contributed by atoms with van der Waals surface area (Å²) in [6.45, 7) is 5.85. The van der Waals surface area contributed by atoms with Crippen LogP contribution in [0.1, 0.15) is 58.4 Å². The number of hydrogen-bond donors (Lipinski definition) is 2. The molecule has 10 heteroatoms. The minimum Gasteiger partial charge on any atom is -0.494 e. The maximum absolute atomic E-state index is 12.7. The normalized spacial score (nSPS) is 16.2. The van der Waals surface area contributed by atoms with E-state index in [1.807, 2.05) is 68.4 Å². The van der Waals surface area contributed by atoms with Crippen molar-refractivity contribution in [3.05, 3.63) is 101 Å². The van der Waals surface area contributed by atoms with E-state index >= 15 is 0 Å². The monoisotopic (exact) mass is 583 g/mol. The number of para-hydroxylation sites is 1. The van der Waals surface area contributed by atoms with Crippen LogP contribution >= 0.6 is 12.2 Å². The lowest BCUT2D eigenvalue weighted by molar-refractivity contribution is -0.115. The predicted molar refractivity (Wildman–Crippen MR) is 166 cm³/mol. The van der Waals surface area contributed by atoms with Crippen LogP contribution in [0.3, 0.4) is 0 Å². The van der Waals surface area contributed by atoms with E-state index in [4.69, 9.17) is 21.7 Å². The number of thiocarbonyl (C=S) groups is 1. The summed E-state index contributed by atoms with van der Waals surface area (Å²) in [6.07, 6.45) is 2.12. The molecule has 3 heterocycles. The second-order valence-electron chi connectivity index (χ2n) is 9.95. The van der Waals surface area contributed by atoms with Gasteiger partial charge in [0.2, 0.25) is 5.91 Å². The van der Waals surface area contributed by atoms with Gasteiger partial charge in [-0.2, -0.15) is 0 Å². The topological polar surface area (TPSA) is 97.7 Å². The number of rotatable bonds is 8. The van der Waals surface area contributed by atoms with Crippen molar-refractivity contribution < 1.29 is 19.1 Å². The molecule has 0 unspecified atom stereocenters. The Morgan fingerprint density at radius 1 is 1.05 bits per heavy atom. The Morgan fingerprint density at radius 3 is 2.50 bits per heavy atom. The Balaban J connectivity index is 1.67. The first-order valence-electron chi connectivity index (χ1n) is 13.6. The molecule has 42 heavy (non-hydrogen) atoms. The molecule has 1 aliphatic heterocycles. The maximum Gasteiger partial charge on any atom is 0.339 e. The number of carbonyl (C=O) groups is 2. The summed E-state index contributed by atoms with van der Waals surface area (Å²) in [7, 11) is 2.95. The number of benzene rings is 2. The van der Waals surface area contributed by atoms with Crippen molar-refractivity contribution >= 4 is 40.6 Å². The molecular formula is C32H33N5O4S. The Kier molecular flexibility index (Phi) is 8.26. The van der Waals surface area contributed by atoms with Crippen LogP contribution < -0.4 is 20.3 Å². The number of hydrogen-bond acceptors (Lipinski definition) is 6. The van der Waals surface area contributed by atoms with Crippen molar-refractivity contribution in [1.29, 1.82) is 0 Å². The van der Waals surface area contributed by atoms with E-state index in [2.05, 4.69) is 31.2 Å². The van der Waals surface area contributed by atoms with Crippen LogP contribution in [0.15, 0.2) is 72.9 Å². The highest BCUT2D eigenvalue weighted by atomic mass is 32.1. The number of pyridine rings is 1. The molecule has 216 valence electrons. The lowest BCUT2D eigenvalue weighted by Gasteiger charge is -2.29. The maximum atomic E-state index is 12.7. The Hall–Kier alpha value is -4.70. The fourth-order valence-corrected chi connectivity index (χ4v) is 5.88. The number of carbonyl (C=O) groups excluding carboxylic acids is 2. The largest absolute Gasteiger partial charge is 0.494 e. The third-order valence-corrected chi connectivity index (χ3v) is 7.81. The average molecular weight is 584 g/mol. The molecule has 9 nitrogen and oxygen atoms in total. The second kappa shape index (κ2) is 12.0. The lowest BCUT2D eigenvalue weighted by Crippen LogP contribution is -2.29. The van der Waals surface area contributed by atoms with Gasteiger partial charge < -0.3 is 29.6 Å². The minimum absolute atomic E-state index is 0.104. The summed E-state index contributed by atoms with van der Waals surface area (Å²) in [5.41, 5.74) is 6.34. The number of methoxy groups -OCH3 is 2. The summed E-state index contributed by atoms with van der Waals surface area (Å²) in [5.74, 6) is 0.0143. The van der Waals surface area contributed by atoms with E-state index < -0.39 is 5.97 Å². The summed E-state index contributed by atoms with van der Waals surface area (Å²) >= 11 is 5.93. The number of ether oxygens (including phenoxy) is 2. The smallest absolute Gasteiger partial charge is 0.339 e. The van der Waals surface area contributed by atoms with Crippen LogP contribution in [0.25, 0.3) is 5.69 Å². The van der Waals surface area contributed by atoms with Gasteiger partial charge in [0.05, 0.1) is 48.9 Å². The molecule has 2 atom stereocenters. The summed E-state index contributed by atoms with van der Waals surface area (Å²) < 4.78 is 12.8. The lowest BCUT2D eigenvalue weighted by atomic mass is 9.96. The van der Waals surface area contributed by atoms with Gasteiger partial charge >= 0.3 is 5.97 Å². The van der Waals surface area contributed by atoms with Crippen molar-refractivity contribution in [3.8, 4) is 11.4 Å². The van der Waals surface area contributed by atoms with Gasteiger partial charge in [0.15, 0.2) is 5.11 Å². The van der Waals surface area contributed by atoms with Crippen molar-refractivity contribution in [2.24, 2.45) is 0 Å². The Morgan fingerprint density at radius 2 is 1.81 bits per heavy atom.